The second-order valence-corrected chi connectivity index (χ2v) is 3.72. The van der Waals surface area contributed by atoms with Gasteiger partial charge in [0.05, 0.1) is 0 Å². The Morgan fingerprint density at radius 3 is 3.00 bits per heavy atom. The van der Waals surface area contributed by atoms with Crippen molar-refractivity contribution in [2.75, 3.05) is 26.2 Å². The molecule has 4 nitrogen and oxygen atoms in total. The Hall–Kier alpha value is -0.610. The Balaban J connectivity index is 2.53. The third kappa shape index (κ3) is 2.42. The number of nitrogens with one attached hydrogen (secondary N) is 1. The molecule has 4 heteroatoms. The third-order valence-corrected chi connectivity index (χ3v) is 2.56. The second-order valence-electron chi connectivity index (χ2n) is 3.72. The van der Waals surface area contributed by atoms with E-state index in [1.807, 2.05) is 11.8 Å². The Morgan fingerprint density at radius 1 is 1.77 bits per heavy atom. The van der Waals surface area contributed by atoms with Gasteiger partial charge < -0.3 is 16.0 Å². The molecule has 0 bridgehead atoms. The Bertz CT molecular complexity index is 184. The van der Waals surface area contributed by atoms with Crippen LogP contribution in [0.25, 0.3) is 0 Å². The lowest BCUT2D eigenvalue weighted by atomic mass is 10.1. The van der Waals surface area contributed by atoms with Crippen molar-refractivity contribution in [1.29, 1.82) is 0 Å². The summed E-state index contributed by atoms with van der Waals surface area (Å²) in [5.74, 6) is 0.150. The van der Waals surface area contributed by atoms with Crippen molar-refractivity contribution in [3.8, 4) is 0 Å². The highest BCUT2D eigenvalue weighted by atomic mass is 16.2. The molecule has 1 amide bonds. The average molecular weight is 185 g/mol. The highest BCUT2D eigenvalue weighted by molar-refractivity contribution is 5.79. The lowest BCUT2D eigenvalue weighted by molar-refractivity contribution is -0.137. The summed E-state index contributed by atoms with van der Waals surface area (Å²) in [4.78, 5) is 13.7. The van der Waals surface area contributed by atoms with Crippen molar-refractivity contribution in [3.63, 3.8) is 0 Å². The van der Waals surface area contributed by atoms with Crippen LogP contribution < -0.4 is 11.1 Å². The summed E-state index contributed by atoms with van der Waals surface area (Å²) in [5, 5.41) is 3.25. The monoisotopic (exact) mass is 185 g/mol. The van der Waals surface area contributed by atoms with E-state index < -0.39 is 0 Å². The predicted molar refractivity (Wildman–Crippen MR) is 52.3 cm³/mol. The van der Waals surface area contributed by atoms with Crippen molar-refractivity contribution in [2.24, 2.45) is 11.7 Å². The lowest BCUT2D eigenvalue weighted by Crippen LogP contribution is -2.54. The standard InChI is InChI=1S/C9H19N3O/c1-7(5-10)9(13)12-4-3-11-6-8(12)2/h7-8,11H,3-6,10H2,1-2H3/t7?,8-/m1/s1. The predicted octanol–water partition coefficient (Wildman–Crippen LogP) is -0.598. The van der Waals surface area contributed by atoms with Gasteiger partial charge in [-0.15, -0.1) is 0 Å². The minimum absolute atomic E-state index is 0.0412. The summed E-state index contributed by atoms with van der Waals surface area (Å²) < 4.78 is 0. The Kier molecular flexibility index (Phi) is 3.69. The average Bonchev–Trinajstić information content (AvgIpc) is 2.16. The number of amides is 1. The van der Waals surface area contributed by atoms with E-state index >= 15 is 0 Å². The van der Waals surface area contributed by atoms with Crippen molar-refractivity contribution in [1.82, 2.24) is 10.2 Å². The van der Waals surface area contributed by atoms with Gasteiger partial charge in [0, 0.05) is 38.1 Å². The zero-order chi connectivity index (χ0) is 9.84. The number of hydrogen-bond acceptors (Lipinski definition) is 3. The molecule has 1 fully saturated rings. The molecule has 1 unspecified atom stereocenters. The van der Waals surface area contributed by atoms with Gasteiger partial charge in [0.15, 0.2) is 0 Å². The number of nitrogens with zero attached hydrogens (tertiary/aromatic N) is 1. The van der Waals surface area contributed by atoms with Gasteiger partial charge >= 0.3 is 0 Å². The van der Waals surface area contributed by atoms with Crippen LogP contribution in [0, 0.1) is 5.92 Å². The number of rotatable bonds is 2. The first-order valence-corrected chi connectivity index (χ1v) is 4.88. The number of piperazine rings is 1. The van der Waals surface area contributed by atoms with E-state index in [1.165, 1.54) is 0 Å². The first kappa shape index (κ1) is 10.5. The summed E-state index contributed by atoms with van der Waals surface area (Å²) in [7, 11) is 0. The quantitative estimate of drug-likeness (QED) is 0.604. The van der Waals surface area contributed by atoms with Crippen LogP contribution in [-0.2, 0) is 4.79 Å². The minimum Gasteiger partial charge on any atom is -0.337 e. The number of carbonyl (C=O) groups excluding carboxylic acids is 1. The van der Waals surface area contributed by atoms with E-state index in [9.17, 15) is 4.79 Å². The van der Waals surface area contributed by atoms with Crippen LogP contribution >= 0.6 is 0 Å². The number of carbonyl (C=O) groups is 1. The van der Waals surface area contributed by atoms with Crippen molar-refractivity contribution in [3.05, 3.63) is 0 Å². The van der Waals surface area contributed by atoms with E-state index in [-0.39, 0.29) is 11.8 Å². The van der Waals surface area contributed by atoms with E-state index in [2.05, 4.69) is 12.2 Å². The van der Waals surface area contributed by atoms with E-state index in [0.29, 0.717) is 12.6 Å². The van der Waals surface area contributed by atoms with Crippen LogP contribution in [0.2, 0.25) is 0 Å². The SMILES string of the molecule is CC(CN)C(=O)N1CCNC[C@H]1C. The third-order valence-electron chi connectivity index (χ3n) is 2.56. The van der Waals surface area contributed by atoms with Gasteiger partial charge in [0.25, 0.3) is 0 Å². The molecule has 1 aliphatic heterocycles. The van der Waals surface area contributed by atoms with Crippen molar-refractivity contribution >= 4 is 5.91 Å². The normalized spacial score (nSPS) is 25.8. The van der Waals surface area contributed by atoms with Crippen molar-refractivity contribution < 1.29 is 4.79 Å². The van der Waals surface area contributed by atoms with Crippen LogP contribution in [-0.4, -0.2) is 43.0 Å². The van der Waals surface area contributed by atoms with Crippen LogP contribution in [0.1, 0.15) is 13.8 Å². The second kappa shape index (κ2) is 4.58. The molecule has 1 heterocycles. The molecule has 0 aromatic carbocycles. The summed E-state index contributed by atoms with van der Waals surface area (Å²) in [6.45, 7) is 6.99. The molecule has 76 valence electrons. The Labute approximate surface area is 79.5 Å². The van der Waals surface area contributed by atoms with Crippen LogP contribution in [0.4, 0.5) is 0 Å². The molecule has 1 saturated heterocycles. The molecule has 0 radical (unpaired) electrons. The fraction of sp³-hybridized carbons (Fsp3) is 0.889. The van der Waals surface area contributed by atoms with Crippen LogP contribution in [0.5, 0.6) is 0 Å². The van der Waals surface area contributed by atoms with Gasteiger partial charge in [0.2, 0.25) is 5.91 Å². The van der Waals surface area contributed by atoms with Crippen molar-refractivity contribution in [2.45, 2.75) is 19.9 Å². The molecule has 2 atom stereocenters. The van der Waals surface area contributed by atoms with E-state index in [1.54, 1.807) is 0 Å². The summed E-state index contributed by atoms with van der Waals surface area (Å²) in [6, 6.07) is 0.301. The van der Waals surface area contributed by atoms with E-state index in [0.717, 1.165) is 19.6 Å². The van der Waals surface area contributed by atoms with E-state index in [4.69, 9.17) is 5.73 Å². The molecule has 3 N–H and O–H groups in total. The van der Waals surface area contributed by atoms with Gasteiger partial charge in [-0.1, -0.05) is 6.92 Å². The molecular formula is C9H19N3O. The highest BCUT2D eigenvalue weighted by Gasteiger charge is 2.25. The van der Waals surface area contributed by atoms with Gasteiger partial charge in [0.1, 0.15) is 0 Å². The molecule has 0 aliphatic carbocycles. The maximum Gasteiger partial charge on any atom is 0.227 e. The number of hydrogen-bond donors (Lipinski definition) is 2. The topological polar surface area (TPSA) is 58.4 Å². The van der Waals surface area contributed by atoms with Crippen LogP contribution in [0.15, 0.2) is 0 Å². The van der Waals surface area contributed by atoms with Gasteiger partial charge in [-0.2, -0.15) is 0 Å². The molecule has 13 heavy (non-hydrogen) atoms. The fourth-order valence-corrected chi connectivity index (χ4v) is 1.55. The zero-order valence-corrected chi connectivity index (χ0v) is 8.42. The highest BCUT2D eigenvalue weighted by Crippen LogP contribution is 2.07. The Morgan fingerprint density at radius 2 is 2.46 bits per heavy atom. The van der Waals surface area contributed by atoms with Gasteiger partial charge in [-0.05, 0) is 6.92 Å². The smallest absolute Gasteiger partial charge is 0.227 e. The fourth-order valence-electron chi connectivity index (χ4n) is 1.55. The molecule has 0 saturated carbocycles. The largest absolute Gasteiger partial charge is 0.337 e. The zero-order valence-electron chi connectivity index (χ0n) is 8.42. The molecule has 1 aliphatic rings. The lowest BCUT2D eigenvalue weighted by Gasteiger charge is -2.35. The molecule has 0 spiro atoms. The first-order valence-electron chi connectivity index (χ1n) is 4.88. The summed E-state index contributed by atoms with van der Waals surface area (Å²) in [6.07, 6.45) is 0. The molecule has 0 aromatic rings. The molecule has 1 rings (SSSR count). The maximum absolute atomic E-state index is 11.8. The number of nitrogens with two attached hydrogens (primary N) is 1. The summed E-state index contributed by atoms with van der Waals surface area (Å²) in [5.41, 5.74) is 5.46. The van der Waals surface area contributed by atoms with Gasteiger partial charge in [-0.25, -0.2) is 0 Å². The maximum atomic E-state index is 11.8. The molecular weight excluding hydrogens is 166 g/mol. The minimum atomic E-state index is -0.0412. The molecule has 0 aromatic heterocycles. The van der Waals surface area contributed by atoms with Gasteiger partial charge in [-0.3, -0.25) is 4.79 Å². The first-order chi connectivity index (χ1) is 6.16. The van der Waals surface area contributed by atoms with Crippen LogP contribution in [0.3, 0.4) is 0 Å². The summed E-state index contributed by atoms with van der Waals surface area (Å²) >= 11 is 0.